The van der Waals surface area contributed by atoms with Gasteiger partial charge in [0.25, 0.3) is 0 Å². The maximum absolute atomic E-state index is 13.4. The average Bonchev–Trinajstić information content (AvgIpc) is 2.85. The van der Waals surface area contributed by atoms with Gasteiger partial charge < -0.3 is 9.74 Å². The van der Waals surface area contributed by atoms with E-state index in [1.165, 1.54) is 24.3 Å². The van der Waals surface area contributed by atoms with Crippen molar-refractivity contribution in [1.82, 2.24) is 4.90 Å². The second-order valence-corrected chi connectivity index (χ2v) is 9.13. The van der Waals surface area contributed by atoms with Gasteiger partial charge in [-0.1, -0.05) is 53.2 Å². The maximum atomic E-state index is 13.4. The summed E-state index contributed by atoms with van der Waals surface area (Å²) in [5, 5.41) is 5.05. The third kappa shape index (κ3) is 7.12. The van der Waals surface area contributed by atoms with Crippen LogP contribution in [0.1, 0.15) is 48.3 Å². The number of oxime groups is 1. The summed E-state index contributed by atoms with van der Waals surface area (Å²) in [7, 11) is 0. The van der Waals surface area contributed by atoms with E-state index in [9.17, 15) is 8.78 Å². The molecular formula is C28H29ClF2N2O. The minimum absolute atomic E-state index is 0.115. The summed E-state index contributed by atoms with van der Waals surface area (Å²) in [6.07, 6.45) is 3.72. The molecule has 0 amide bonds. The molecule has 0 aromatic heterocycles. The van der Waals surface area contributed by atoms with Gasteiger partial charge in [0.2, 0.25) is 0 Å². The molecule has 34 heavy (non-hydrogen) atoms. The molecule has 1 aliphatic heterocycles. The molecular weight excluding hydrogens is 454 g/mol. The molecule has 4 rings (SSSR count). The molecule has 0 atom stereocenters. The van der Waals surface area contributed by atoms with Crippen LogP contribution in [0.2, 0.25) is 5.02 Å². The summed E-state index contributed by atoms with van der Waals surface area (Å²) in [5.74, 6) is -0.376. The number of hydrogen-bond donors (Lipinski definition) is 0. The van der Waals surface area contributed by atoms with E-state index >= 15 is 0 Å². The summed E-state index contributed by atoms with van der Waals surface area (Å²) in [5.41, 5.74) is 4.25. The Labute approximate surface area is 205 Å². The first-order valence-corrected chi connectivity index (χ1v) is 12.1. The molecule has 178 valence electrons. The molecule has 1 fully saturated rings. The average molecular weight is 483 g/mol. The standard InChI is InChI=1S/C28H29ClF2N2O/c29-24-9-3-21(4-10-24)20-34-32-27-15-18-33(19-16-27)17-1-2-28(22-5-11-25(30)12-6-22)23-7-13-26(31)14-8-23/h3-14,28H,1-2,15-20H2. The molecule has 1 aliphatic rings. The van der Waals surface area contributed by atoms with Crippen LogP contribution in [0.25, 0.3) is 0 Å². The molecule has 1 saturated heterocycles. The van der Waals surface area contributed by atoms with Crippen molar-refractivity contribution in [1.29, 1.82) is 0 Å². The van der Waals surface area contributed by atoms with Crippen LogP contribution in [0, 0.1) is 11.6 Å². The van der Waals surface area contributed by atoms with Crippen molar-refractivity contribution >= 4 is 17.3 Å². The first-order valence-electron chi connectivity index (χ1n) is 11.7. The largest absolute Gasteiger partial charge is 0.391 e. The summed E-state index contributed by atoms with van der Waals surface area (Å²) in [4.78, 5) is 7.98. The van der Waals surface area contributed by atoms with Crippen LogP contribution in [-0.4, -0.2) is 30.2 Å². The number of piperidine rings is 1. The highest BCUT2D eigenvalue weighted by Crippen LogP contribution is 2.30. The highest BCUT2D eigenvalue weighted by Gasteiger charge is 2.18. The van der Waals surface area contributed by atoms with E-state index in [1.807, 2.05) is 48.5 Å². The number of rotatable bonds is 9. The van der Waals surface area contributed by atoms with Crippen molar-refractivity contribution in [2.45, 2.75) is 38.2 Å². The van der Waals surface area contributed by atoms with Crippen LogP contribution in [-0.2, 0) is 11.4 Å². The van der Waals surface area contributed by atoms with Crippen LogP contribution in [0.15, 0.2) is 78.0 Å². The van der Waals surface area contributed by atoms with Crippen molar-refractivity contribution < 1.29 is 13.6 Å². The van der Waals surface area contributed by atoms with Gasteiger partial charge in [-0.2, -0.15) is 0 Å². The molecule has 0 saturated carbocycles. The van der Waals surface area contributed by atoms with E-state index in [-0.39, 0.29) is 17.6 Å². The Morgan fingerprint density at radius 3 is 1.94 bits per heavy atom. The zero-order valence-electron chi connectivity index (χ0n) is 19.1. The van der Waals surface area contributed by atoms with Crippen LogP contribution in [0.4, 0.5) is 8.78 Å². The van der Waals surface area contributed by atoms with Gasteiger partial charge >= 0.3 is 0 Å². The van der Waals surface area contributed by atoms with Crippen molar-refractivity contribution in [2.24, 2.45) is 5.16 Å². The Morgan fingerprint density at radius 2 is 1.38 bits per heavy atom. The molecule has 0 bridgehead atoms. The summed E-state index contributed by atoms with van der Waals surface area (Å²) < 4.78 is 26.9. The van der Waals surface area contributed by atoms with E-state index in [1.54, 1.807) is 0 Å². The zero-order valence-corrected chi connectivity index (χ0v) is 19.9. The number of hydrogen-bond acceptors (Lipinski definition) is 3. The quantitative estimate of drug-likeness (QED) is 0.301. The SMILES string of the molecule is Fc1ccc(C(CCCN2CCC(=NOCc3ccc(Cl)cc3)CC2)c2ccc(F)cc2)cc1. The lowest BCUT2D eigenvalue weighted by molar-refractivity contribution is 0.127. The maximum Gasteiger partial charge on any atom is 0.142 e. The molecule has 6 heteroatoms. The predicted octanol–water partition coefficient (Wildman–Crippen LogP) is 7.20. The van der Waals surface area contributed by atoms with Crippen molar-refractivity contribution in [3.63, 3.8) is 0 Å². The zero-order chi connectivity index (χ0) is 23.8. The Kier molecular flexibility index (Phi) is 8.67. The minimum Gasteiger partial charge on any atom is -0.391 e. The molecule has 0 aliphatic carbocycles. The van der Waals surface area contributed by atoms with Crippen molar-refractivity contribution in [3.8, 4) is 0 Å². The monoisotopic (exact) mass is 482 g/mol. The highest BCUT2D eigenvalue weighted by molar-refractivity contribution is 6.30. The Balaban J connectivity index is 1.25. The number of nitrogens with zero attached hydrogens (tertiary/aromatic N) is 2. The molecule has 3 aromatic rings. The molecule has 3 aromatic carbocycles. The molecule has 1 heterocycles. The van der Waals surface area contributed by atoms with Gasteiger partial charge in [0.1, 0.15) is 18.2 Å². The lowest BCUT2D eigenvalue weighted by Crippen LogP contribution is -2.34. The van der Waals surface area contributed by atoms with Gasteiger partial charge in [0, 0.05) is 36.9 Å². The van der Waals surface area contributed by atoms with Crippen LogP contribution in [0.5, 0.6) is 0 Å². The highest BCUT2D eigenvalue weighted by atomic mass is 35.5. The van der Waals surface area contributed by atoms with Gasteiger partial charge in [-0.3, -0.25) is 0 Å². The third-order valence-corrected chi connectivity index (χ3v) is 6.54. The fourth-order valence-electron chi connectivity index (χ4n) is 4.34. The van der Waals surface area contributed by atoms with E-state index in [0.29, 0.717) is 11.6 Å². The van der Waals surface area contributed by atoms with Gasteiger partial charge in [-0.05, 0) is 72.5 Å². The Morgan fingerprint density at radius 1 is 0.824 bits per heavy atom. The molecule has 3 nitrogen and oxygen atoms in total. The number of benzene rings is 3. The van der Waals surface area contributed by atoms with E-state index < -0.39 is 0 Å². The van der Waals surface area contributed by atoms with Crippen LogP contribution < -0.4 is 0 Å². The molecule has 0 radical (unpaired) electrons. The number of likely N-dealkylation sites (tertiary alicyclic amines) is 1. The fourth-order valence-corrected chi connectivity index (χ4v) is 4.47. The van der Waals surface area contributed by atoms with E-state index in [0.717, 1.165) is 67.7 Å². The van der Waals surface area contributed by atoms with Gasteiger partial charge in [-0.15, -0.1) is 0 Å². The smallest absolute Gasteiger partial charge is 0.142 e. The van der Waals surface area contributed by atoms with Crippen molar-refractivity contribution in [3.05, 3.63) is 106 Å². The fraction of sp³-hybridized carbons (Fsp3) is 0.321. The normalized spacial score (nSPS) is 14.4. The van der Waals surface area contributed by atoms with Crippen molar-refractivity contribution in [2.75, 3.05) is 19.6 Å². The van der Waals surface area contributed by atoms with E-state index in [2.05, 4.69) is 10.1 Å². The third-order valence-electron chi connectivity index (χ3n) is 6.28. The first kappa shape index (κ1) is 24.4. The van der Waals surface area contributed by atoms with Gasteiger partial charge in [-0.25, -0.2) is 8.78 Å². The van der Waals surface area contributed by atoms with Gasteiger partial charge in [0.15, 0.2) is 0 Å². The van der Waals surface area contributed by atoms with E-state index in [4.69, 9.17) is 16.4 Å². The Hall–Kier alpha value is -2.76. The minimum atomic E-state index is -0.246. The van der Waals surface area contributed by atoms with Crippen LogP contribution >= 0.6 is 11.6 Å². The predicted molar refractivity (Wildman–Crippen MR) is 133 cm³/mol. The summed E-state index contributed by atoms with van der Waals surface area (Å²) in [6.45, 7) is 3.35. The summed E-state index contributed by atoms with van der Waals surface area (Å²) >= 11 is 5.91. The second kappa shape index (κ2) is 12.1. The Bertz CT molecular complexity index is 1010. The number of halogens is 3. The molecule has 0 N–H and O–H groups in total. The summed E-state index contributed by atoms with van der Waals surface area (Å²) in [6, 6.07) is 20.9. The molecule has 0 unspecified atom stereocenters. The first-order chi connectivity index (χ1) is 16.6. The lowest BCUT2D eigenvalue weighted by Gasteiger charge is -2.28. The lowest BCUT2D eigenvalue weighted by atomic mass is 9.87. The second-order valence-electron chi connectivity index (χ2n) is 8.70. The van der Waals surface area contributed by atoms with Crippen LogP contribution in [0.3, 0.4) is 0 Å². The molecule has 0 spiro atoms. The topological polar surface area (TPSA) is 24.8 Å². The van der Waals surface area contributed by atoms with Gasteiger partial charge in [0.05, 0.1) is 5.71 Å².